The van der Waals surface area contributed by atoms with Crippen molar-refractivity contribution >= 4 is 11.8 Å². The molecule has 1 unspecified atom stereocenters. The summed E-state index contributed by atoms with van der Waals surface area (Å²) in [5, 5.41) is 9.21. The van der Waals surface area contributed by atoms with Gasteiger partial charge in [0.05, 0.1) is 6.10 Å². The summed E-state index contributed by atoms with van der Waals surface area (Å²) in [4.78, 5) is 10.3. The fraction of sp³-hybridized carbons (Fsp3) is 0.600. The van der Waals surface area contributed by atoms with Crippen LogP contribution in [-0.4, -0.2) is 34.8 Å². The second-order valence-electron chi connectivity index (χ2n) is 3.89. The highest BCUT2D eigenvalue weighted by Gasteiger charge is 2.07. The van der Waals surface area contributed by atoms with Gasteiger partial charge in [-0.3, -0.25) is 5.43 Å². The van der Waals surface area contributed by atoms with E-state index in [2.05, 4.69) is 15.4 Å². The van der Waals surface area contributed by atoms with Gasteiger partial charge >= 0.3 is 0 Å². The Labute approximate surface area is 95.5 Å². The van der Waals surface area contributed by atoms with Crippen molar-refractivity contribution in [1.82, 2.24) is 9.97 Å². The molecule has 0 aliphatic carbocycles. The number of hydrogen-bond acceptors (Lipinski definition) is 6. The van der Waals surface area contributed by atoms with Gasteiger partial charge in [0.15, 0.2) is 0 Å². The first-order valence-corrected chi connectivity index (χ1v) is 5.24. The molecule has 1 atom stereocenters. The Balaban J connectivity index is 2.74. The van der Waals surface area contributed by atoms with E-state index < -0.39 is 0 Å². The van der Waals surface area contributed by atoms with Gasteiger partial charge < -0.3 is 10.0 Å². The molecule has 1 rings (SSSR count). The van der Waals surface area contributed by atoms with E-state index >= 15 is 0 Å². The Morgan fingerprint density at radius 2 is 2.25 bits per heavy atom. The molecule has 6 heteroatoms. The van der Waals surface area contributed by atoms with E-state index in [1.165, 1.54) is 0 Å². The van der Waals surface area contributed by atoms with Gasteiger partial charge in [-0.05, 0) is 20.3 Å². The Hall–Kier alpha value is -1.40. The lowest BCUT2D eigenvalue weighted by Gasteiger charge is -2.19. The molecule has 0 spiro atoms. The van der Waals surface area contributed by atoms with Crippen LogP contribution in [0.15, 0.2) is 6.07 Å². The fourth-order valence-electron chi connectivity index (χ4n) is 1.31. The minimum absolute atomic E-state index is 0.308. The quantitative estimate of drug-likeness (QED) is 0.493. The highest BCUT2D eigenvalue weighted by Crippen LogP contribution is 2.13. The van der Waals surface area contributed by atoms with Crippen molar-refractivity contribution in [3.8, 4) is 0 Å². The van der Waals surface area contributed by atoms with E-state index in [4.69, 9.17) is 5.84 Å². The van der Waals surface area contributed by atoms with Crippen LogP contribution in [0.5, 0.6) is 0 Å². The van der Waals surface area contributed by atoms with E-state index in [0.717, 1.165) is 18.1 Å². The van der Waals surface area contributed by atoms with Crippen molar-refractivity contribution in [2.75, 3.05) is 23.9 Å². The molecule has 1 aromatic rings. The molecule has 0 aliphatic rings. The SMILES string of the molecule is Cc1cc(N(C)CCC(C)O)nc(NN)n1. The van der Waals surface area contributed by atoms with Crippen molar-refractivity contribution in [3.05, 3.63) is 11.8 Å². The summed E-state index contributed by atoms with van der Waals surface area (Å²) in [5.74, 6) is 6.47. The highest BCUT2D eigenvalue weighted by molar-refractivity contribution is 5.43. The first kappa shape index (κ1) is 12.7. The number of anilines is 2. The molecule has 4 N–H and O–H groups in total. The molecule has 90 valence electrons. The average Bonchev–Trinajstić information content (AvgIpc) is 2.24. The van der Waals surface area contributed by atoms with Gasteiger partial charge in [0.1, 0.15) is 5.82 Å². The van der Waals surface area contributed by atoms with Gasteiger partial charge in [-0.1, -0.05) is 0 Å². The highest BCUT2D eigenvalue weighted by atomic mass is 16.3. The predicted molar refractivity (Wildman–Crippen MR) is 64.1 cm³/mol. The molecule has 0 bridgehead atoms. The summed E-state index contributed by atoms with van der Waals surface area (Å²) in [6.07, 6.45) is 0.391. The van der Waals surface area contributed by atoms with Crippen LogP contribution in [0.25, 0.3) is 0 Å². The Morgan fingerprint density at radius 1 is 1.56 bits per heavy atom. The second-order valence-corrected chi connectivity index (χ2v) is 3.89. The third kappa shape index (κ3) is 3.63. The van der Waals surface area contributed by atoms with Crippen molar-refractivity contribution in [3.63, 3.8) is 0 Å². The minimum Gasteiger partial charge on any atom is -0.393 e. The Kier molecular flexibility index (Phi) is 4.45. The van der Waals surface area contributed by atoms with Crippen molar-refractivity contribution in [2.45, 2.75) is 26.4 Å². The lowest BCUT2D eigenvalue weighted by Crippen LogP contribution is -2.24. The normalized spacial score (nSPS) is 12.3. The summed E-state index contributed by atoms with van der Waals surface area (Å²) in [7, 11) is 1.92. The topological polar surface area (TPSA) is 87.3 Å². The van der Waals surface area contributed by atoms with Crippen molar-refractivity contribution < 1.29 is 5.11 Å². The summed E-state index contributed by atoms with van der Waals surface area (Å²) in [6, 6.07) is 1.88. The Morgan fingerprint density at radius 3 is 2.81 bits per heavy atom. The van der Waals surface area contributed by atoms with E-state index in [1.54, 1.807) is 6.92 Å². The van der Waals surface area contributed by atoms with Gasteiger partial charge in [0.25, 0.3) is 0 Å². The van der Waals surface area contributed by atoms with Gasteiger partial charge in [-0.25, -0.2) is 10.8 Å². The summed E-state index contributed by atoms with van der Waals surface area (Å²) in [5.41, 5.74) is 3.28. The maximum atomic E-state index is 9.21. The van der Waals surface area contributed by atoms with Gasteiger partial charge in [-0.2, -0.15) is 4.98 Å². The summed E-state index contributed by atoms with van der Waals surface area (Å²) in [6.45, 7) is 4.39. The van der Waals surface area contributed by atoms with Gasteiger partial charge in [0.2, 0.25) is 5.95 Å². The standard InChI is InChI=1S/C10H19N5O/c1-7-6-9(13-10(12-7)14-11)15(3)5-4-8(2)16/h6,8,16H,4-5,11H2,1-3H3,(H,12,13,14). The molecule has 1 heterocycles. The number of nitrogens with two attached hydrogens (primary N) is 1. The zero-order chi connectivity index (χ0) is 12.1. The van der Waals surface area contributed by atoms with Crippen LogP contribution in [0.1, 0.15) is 19.0 Å². The minimum atomic E-state index is -0.308. The third-order valence-electron chi connectivity index (χ3n) is 2.24. The predicted octanol–water partition coefficient (Wildman–Crippen LogP) is 0.278. The number of rotatable bonds is 5. The molecule has 0 saturated heterocycles. The van der Waals surface area contributed by atoms with Crippen LogP contribution < -0.4 is 16.2 Å². The third-order valence-corrected chi connectivity index (χ3v) is 2.24. The number of nitrogen functional groups attached to an aromatic ring is 1. The monoisotopic (exact) mass is 225 g/mol. The van der Waals surface area contributed by atoms with Crippen LogP contribution in [0.2, 0.25) is 0 Å². The number of aliphatic hydroxyl groups is 1. The molecule has 0 radical (unpaired) electrons. The molecule has 0 fully saturated rings. The lowest BCUT2D eigenvalue weighted by molar-refractivity contribution is 0.187. The molecule has 0 aromatic carbocycles. The average molecular weight is 225 g/mol. The lowest BCUT2D eigenvalue weighted by atomic mass is 10.3. The Bertz CT molecular complexity index is 342. The van der Waals surface area contributed by atoms with Crippen molar-refractivity contribution in [1.29, 1.82) is 0 Å². The van der Waals surface area contributed by atoms with E-state index in [9.17, 15) is 5.11 Å². The summed E-state index contributed by atoms with van der Waals surface area (Å²) < 4.78 is 0. The first-order valence-electron chi connectivity index (χ1n) is 5.24. The number of hydrogen-bond donors (Lipinski definition) is 3. The molecule has 16 heavy (non-hydrogen) atoms. The number of aliphatic hydroxyl groups excluding tert-OH is 1. The van der Waals surface area contributed by atoms with Crippen LogP contribution in [0.3, 0.4) is 0 Å². The zero-order valence-corrected chi connectivity index (χ0v) is 9.94. The van der Waals surface area contributed by atoms with Crippen LogP contribution in [0, 0.1) is 6.92 Å². The molecular formula is C10H19N5O. The van der Waals surface area contributed by atoms with Crippen LogP contribution >= 0.6 is 0 Å². The van der Waals surface area contributed by atoms with E-state index in [0.29, 0.717) is 12.4 Å². The smallest absolute Gasteiger partial charge is 0.239 e. The molecule has 6 nitrogen and oxygen atoms in total. The number of aryl methyl sites for hydroxylation is 1. The summed E-state index contributed by atoms with van der Waals surface area (Å²) >= 11 is 0. The maximum Gasteiger partial charge on any atom is 0.239 e. The number of hydrazine groups is 1. The van der Waals surface area contributed by atoms with Crippen molar-refractivity contribution in [2.24, 2.45) is 5.84 Å². The molecule has 1 aromatic heterocycles. The molecule has 0 saturated carbocycles. The first-order chi connectivity index (χ1) is 7.52. The fourth-order valence-corrected chi connectivity index (χ4v) is 1.31. The molecular weight excluding hydrogens is 206 g/mol. The van der Waals surface area contributed by atoms with Crippen LogP contribution in [0.4, 0.5) is 11.8 Å². The second kappa shape index (κ2) is 5.62. The van der Waals surface area contributed by atoms with Gasteiger partial charge in [0, 0.05) is 25.4 Å². The molecule has 0 amide bonds. The zero-order valence-electron chi connectivity index (χ0n) is 9.94. The maximum absolute atomic E-state index is 9.21. The molecule has 0 aliphatic heterocycles. The van der Waals surface area contributed by atoms with E-state index in [1.807, 2.05) is 24.9 Å². The van der Waals surface area contributed by atoms with Gasteiger partial charge in [-0.15, -0.1) is 0 Å². The number of aromatic nitrogens is 2. The largest absolute Gasteiger partial charge is 0.393 e. The van der Waals surface area contributed by atoms with E-state index in [-0.39, 0.29) is 6.10 Å². The number of nitrogens with zero attached hydrogens (tertiary/aromatic N) is 3. The number of nitrogens with one attached hydrogen (secondary N) is 1. The van der Waals surface area contributed by atoms with Crippen LogP contribution in [-0.2, 0) is 0 Å².